The van der Waals surface area contributed by atoms with Gasteiger partial charge in [0, 0.05) is 27.9 Å². The fraction of sp³-hybridized carbons (Fsp3) is 0.344. The van der Waals surface area contributed by atoms with Crippen molar-refractivity contribution in [2.24, 2.45) is 41.4 Å². The average Bonchev–Trinajstić information content (AvgIpc) is 3.77. The lowest BCUT2D eigenvalue weighted by Gasteiger charge is -2.61. The summed E-state index contributed by atoms with van der Waals surface area (Å²) in [6.07, 6.45) is 15.3. The quantitative estimate of drug-likeness (QED) is 0.168. The molecule has 2 spiro atoms. The van der Waals surface area contributed by atoms with Crippen LogP contribution in [0.4, 0.5) is 17.1 Å². The van der Waals surface area contributed by atoms with E-state index in [0.717, 1.165) is 35.5 Å². The van der Waals surface area contributed by atoms with E-state index in [1.807, 2.05) is 0 Å². The number of rotatable bonds is 5. The van der Waals surface area contributed by atoms with Gasteiger partial charge in [-0.2, -0.15) is 0 Å². The molecule has 306 valence electrons. The Morgan fingerprint density at radius 2 is 1.03 bits per heavy atom. The zero-order chi connectivity index (χ0) is 40.7. The third-order valence-electron chi connectivity index (χ3n) is 18.6. The first-order valence-electron chi connectivity index (χ1n) is 24.5. The van der Waals surface area contributed by atoms with Crippen molar-refractivity contribution in [3.8, 4) is 33.4 Å². The Morgan fingerprint density at radius 3 is 1.82 bits per heavy atom. The van der Waals surface area contributed by atoms with E-state index in [9.17, 15) is 0 Å². The highest BCUT2D eigenvalue weighted by molar-refractivity contribution is 5.97. The van der Waals surface area contributed by atoms with E-state index in [1.165, 1.54) is 132 Å². The number of hydrogen-bond acceptors (Lipinski definition) is 1. The molecule has 4 unspecified atom stereocenters. The molecule has 1 heteroatoms. The van der Waals surface area contributed by atoms with Crippen LogP contribution in [0.1, 0.15) is 99.8 Å². The molecule has 8 aliphatic rings. The van der Waals surface area contributed by atoms with Crippen molar-refractivity contribution in [2.45, 2.75) is 88.4 Å². The molecule has 4 atom stereocenters. The second-order valence-corrected chi connectivity index (χ2v) is 21.1. The first kappa shape index (κ1) is 36.1. The van der Waals surface area contributed by atoms with Gasteiger partial charge in [-0.3, -0.25) is 0 Å². The molecule has 15 rings (SSSR count). The van der Waals surface area contributed by atoms with E-state index < -0.39 is 0 Å². The maximum Gasteiger partial charge on any atom is 0.0468 e. The van der Waals surface area contributed by atoms with Gasteiger partial charge in [-0.05, 0) is 196 Å². The maximum absolute atomic E-state index is 2.69. The molecule has 6 bridgehead atoms. The smallest absolute Gasteiger partial charge is 0.0468 e. The van der Waals surface area contributed by atoms with Gasteiger partial charge in [0.05, 0.1) is 0 Å². The summed E-state index contributed by atoms with van der Waals surface area (Å²) >= 11 is 0. The van der Waals surface area contributed by atoms with Gasteiger partial charge in [-0.1, -0.05) is 141 Å². The Morgan fingerprint density at radius 1 is 0.435 bits per heavy atom. The number of anilines is 3. The normalized spacial score (nSPS) is 30.4. The Balaban J connectivity index is 0.964. The largest absolute Gasteiger partial charge is 0.310 e. The van der Waals surface area contributed by atoms with Crippen LogP contribution in [0.15, 0.2) is 152 Å². The van der Waals surface area contributed by atoms with Crippen LogP contribution in [0.25, 0.3) is 44.2 Å². The van der Waals surface area contributed by atoms with Gasteiger partial charge in [0.2, 0.25) is 0 Å². The summed E-state index contributed by atoms with van der Waals surface area (Å²) in [5, 5.41) is 2.60. The summed E-state index contributed by atoms with van der Waals surface area (Å²) in [5.41, 5.74) is 19.0. The lowest BCUT2D eigenvalue weighted by atomic mass is 9.43. The van der Waals surface area contributed by atoms with Crippen molar-refractivity contribution >= 4 is 27.8 Å². The minimum Gasteiger partial charge on any atom is -0.310 e. The molecular formula is C61H57N. The highest BCUT2D eigenvalue weighted by Crippen LogP contribution is 2.70. The van der Waals surface area contributed by atoms with Gasteiger partial charge in [0.25, 0.3) is 0 Å². The molecule has 8 aliphatic carbocycles. The van der Waals surface area contributed by atoms with E-state index >= 15 is 0 Å². The molecule has 0 saturated heterocycles. The summed E-state index contributed by atoms with van der Waals surface area (Å²) in [5.74, 6) is 5.63. The molecule has 0 amide bonds. The summed E-state index contributed by atoms with van der Waals surface area (Å²) < 4.78 is 0. The number of fused-ring (bicyclic) bond motifs is 12. The van der Waals surface area contributed by atoms with Crippen LogP contribution in [-0.4, -0.2) is 0 Å². The van der Waals surface area contributed by atoms with Crippen LogP contribution in [0.5, 0.6) is 0 Å². The third kappa shape index (κ3) is 4.76. The minimum absolute atomic E-state index is 0.117. The minimum atomic E-state index is 0.117. The summed E-state index contributed by atoms with van der Waals surface area (Å²) in [6.45, 7) is 2.48. The summed E-state index contributed by atoms with van der Waals surface area (Å²) in [4.78, 5) is 2.63. The molecule has 1 nitrogen and oxygen atoms in total. The van der Waals surface area contributed by atoms with Gasteiger partial charge in [0.15, 0.2) is 0 Å². The topological polar surface area (TPSA) is 3.24 Å². The first-order chi connectivity index (χ1) is 30.6. The van der Waals surface area contributed by atoms with Crippen molar-refractivity contribution in [3.63, 3.8) is 0 Å². The molecule has 0 heterocycles. The van der Waals surface area contributed by atoms with E-state index in [1.54, 1.807) is 22.3 Å². The fourth-order valence-corrected chi connectivity index (χ4v) is 16.7. The van der Waals surface area contributed by atoms with E-state index in [-0.39, 0.29) is 10.8 Å². The van der Waals surface area contributed by atoms with Crippen LogP contribution >= 0.6 is 0 Å². The Labute approximate surface area is 368 Å². The van der Waals surface area contributed by atoms with Gasteiger partial charge >= 0.3 is 0 Å². The molecule has 0 radical (unpaired) electrons. The second-order valence-electron chi connectivity index (χ2n) is 21.1. The van der Waals surface area contributed by atoms with Crippen LogP contribution in [0.2, 0.25) is 0 Å². The van der Waals surface area contributed by atoms with Crippen molar-refractivity contribution < 1.29 is 0 Å². The maximum atomic E-state index is 2.69. The van der Waals surface area contributed by atoms with Crippen LogP contribution in [0.3, 0.4) is 0 Å². The summed E-state index contributed by atoms with van der Waals surface area (Å²) in [6, 6.07) is 59.7. The molecule has 0 aliphatic heterocycles. The number of hydrogen-bond donors (Lipinski definition) is 0. The second kappa shape index (κ2) is 13.3. The van der Waals surface area contributed by atoms with Crippen molar-refractivity contribution in [3.05, 3.63) is 174 Å². The average molecular weight is 804 g/mol. The molecule has 0 aromatic heterocycles. The Hall–Kier alpha value is -5.40. The molecule has 0 N–H and O–H groups in total. The highest BCUT2D eigenvalue weighted by Gasteiger charge is 2.62. The molecule has 6 fully saturated rings. The summed E-state index contributed by atoms with van der Waals surface area (Å²) in [7, 11) is 0. The lowest BCUT2D eigenvalue weighted by Crippen LogP contribution is -2.55. The van der Waals surface area contributed by atoms with Gasteiger partial charge in [-0.25, -0.2) is 0 Å². The zero-order valence-corrected chi connectivity index (χ0v) is 36.2. The van der Waals surface area contributed by atoms with Crippen LogP contribution < -0.4 is 4.90 Å². The van der Waals surface area contributed by atoms with Gasteiger partial charge < -0.3 is 4.90 Å². The van der Waals surface area contributed by atoms with Crippen LogP contribution in [-0.2, 0) is 10.8 Å². The molecule has 7 aromatic carbocycles. The SMILES string of the molecule is CCC1CC2CCCC(C2)C12c1ccccc1-c1cc(N(c3ccc(-c4cccc5ccccc45)cc3)c3ccc4c(c3)C3(c5ccccc5-4)C4CC5CC(C4)CC3C5)ccc12. The molecular weight excluding hydrogens is 747 g/mol. The Bertz CT molecular complexity index is 2900. The Kier molecular flexibility index (Phi) is 7.75. The third-order valence-corrected chi connectivity index (χ3v) is 18.6. The predicted octanol–water partition coefficient (Wildman–Crippen LogP) is 16.2. The molecule has 62 heavy (non-hydrogen) atoms. The highest BCUT2D eigenvalue weighted by atomic mass is 15.1. The first-order valence-corrected chi connectivity index (χ1v) is 24.5. The van der Waals surface area contributed by atoms with E-state index in [0.29, 0.717) is 5.92 Å². The van der Waals surface area contributed by atoms with E-state index in [2.05, 4.69) is 163 Å². The van der Waals surface area contributed by atoms with Gasteiger partial charge in [-0.15, -0.1) is 0 Å². The fourth-order valence-electron chi connectivity index (χ4n) is 16.7. The van der Waals surface area contributed by atoms with Gasteiger partial charge in [0.1, 0.15) is 0 Å². The van der Waals surface area contributed by atoms with Crippen molar-refractivity contribution in [2.75, 3.05) is 4.90 Å². The predicted molar refractivity (Wildman–Crippen MR) is 257 cm³/mol. The van der Waals surface area contributed by atoms with Crippen molar-refractivity contribution in [1.82, 2.24) is 0 Å². The molecule has 7 aromatic rings. The van der Waals surface area contributed by atoms with Crippen molar-refractivity contribution in [1.29, 1.82) is 0 Å². The standard InChI is InChI=1S/C61H57N/c1-2-43-30-38-11-9-14-44(31-38)60(43)57-20-8-6-17-53(57)55-36-48(26-28-58(55)60)62(47-23-21-42(22-24-47)51-18-10-13-41-12-3-4-15-50(41)51)49-25-27-54-52-16-5-7-19-56(52)61(59(54)37-49)45-32-39-29-40(34-45)35-46(61)33-39/h3-8,10,12-13,15-28,36-40,43-46H,2,9,11,14,29-35H2,1H3. The zero-order valence-electron chi connectivity index (χ0n) is 36.2. The molecule has 6 saturated carbocycles. The van der Waals surface area contributed by atoms with Crippen LogP contribution in [0, 0.1) is 41.4 Å². The monoisotopic (exact) mass is 803 g/mol. The number of nitrogens with zero attached hydrogens (tertiary/aromatic N) is 1. The van der Waals surface area contributed by atoms with E-state index in [4.69, 9.17) is 0 Å². The number of benzene rings is 7. The lowest BCUT2D eigenvalue weighted by molar-refractivity contribution is -0.0399.